The molecule has 2 rings (SSSR count). The summed E-state index contributed by atoms with van der Waals surface area (Å²) < 4.78 is 5.80. The Morgan fingerprint density at radius 3 is 2.88 bits per heavy atom. The summed E-state index contributed by atoms with van der Waals surface area (Å²) in [5.74, 6) is 0.257. The first-order chi connectivity index (χ1) is 8.36. The van der Waals surface area contributed by atoms with Crippen LogP contribution in [0.4, 0.5) is 0 Å². The Labute approximate surface area is 107 Å². The Morgan fingerprint density at radius 1 is 1.35 bits per heavy atom. The molecule has 1 fully saturated rings. The van der Waals surface area contributed by atoms with Gasteiger partial charge in [-0.2, -0.15) is 0 Å². The average molecular weight is 252 g/mol. The molecule has 0 bridgehead atoms. The molecular weight excluding hydrogens is 232 g/mol. The topological polar surface area (TPSA) is 26.3 Å². The van der Waals surface area contributed by atoms with E-state index in [-0.39, 0.29) is 5.78 Å². The van der Waals surface area contributed by atoms with Crippen molar-refractivity contribution >= 4 is 17.1 Å². The van der Waals surface area contributed by atoms with Crippen LogP contribution in [-0.2, 0) is 4.74 Å². The molecule has 94 valence electrons. The fourth-order valence-electron chi connectivity index (χ4n) is 2.27. The van der Waals surface area contributed by atoms with E-state index in [1.165, 1.54) is 43.4 Å². The number of ether oxygens (including phenoxy) is 1. The molecule has 0 saturated heterocycles. The van der Waals surface area contributed by atoms with Crippen LogP contribution in [0.5, 0.6) is 0 Å². The monoisotopic (exact) mass is 252 g/mol. The maximum absolute atomic E-state index is 11.7. The molecule has 0 aliphatic heterocycles. The molecule has 1 heterocycles. The molecule has 1 saturated carbocycles. The highest BCUT2D eigenvalue weighted by Crippen LogP contribution is 2.20. The first-order valence-electron chi connectivity index (χ1n) is 6.54. The second kappa shape index (κ2) is 6.92. The van der Waals surface area contributed by atoms with Crippen molar-refractivity contribution in [1.29, 1.82) is 0 Å². The molecule has 0 atom stereocenters. The predicted molar refractivity (Wildman–Crippen MR) is 70.7 cm³/mol. The van der Waals surface area contributed by atoms with Crippen LogP contribution in [0.1, 0.15) is 54.6 Å². The zero-order valence-electron chi connectivity index (χ0n) is 10.2. The van der Waals surface area contributed by atoms with Gasteiger partial charge in [-0.3, -0.25) is 4.79 Å². The summed E-state index contributed by atoms with van der Waals surface area (Å²) >= 11 is 1.53. The van der Waals surface area contributed by atoms with Crippen LogP contribution in [0.3, 0.4) is 0 Å². The number of carbonyl (C=O) groups is 1. The highest BCUT2D eigenvalue weighted by molar-refractivity contribution is 7.12. The van der Waals surface area contributed by atoms with Crippen LogP contribution >= 0.6 is 11.3 Å². The molecule has 2 nitrogen and oxygen atoms in total. The van der Waals surface area contributed by atoms with Gasteiger partial charge in [0.15, 0.2) is 5.78 Å². The third-order valence-corrected chi connectivity index (χ3v) is 4.16. The summed E-state index contributed by atoms with van der Waals surface area (Å²) in [7, 11) is 0. The number of thiophene rings is 1. The van der Waals surface area contributed by atoms with Crippen LogP contribution in [0.2, 0.25) is 0 Å². The van der Waals surface area contributed by atoms with Gasteiger partial charge in [0.25, 0.3) is 0 Å². The van der Waals surface area contributed by atoms with E-state index in [1.807, 2.05) is 17.5 Å². The standard InChI is InChI=1S/C14H20O2S/c15-13(14-9-5-11-17-14)8-4-10-16-12-6-2-1-3-7-12/h5,9,11-12H,1-4,6-8,10H2. The van der Waals surface area contributed by atoms with Gasteiger partial charge in [0.05, 0.1) is 11.0 Å². The summed E-state index contributed by atoms with van der Waals surface area (Å²) in [6.07, 6.45) is 8.31. The second-order valence-corrected chi connectivity index (χ2v) is 5.58. The Balaban J connectivity index is 1.58. The van der Waals surface area contributed by atoms with E-state index < -0.39 is 0 Å². The van der Waals surface area contributed by atoms with Crippen molar-refractivity contribution in [3.63, 3.8) is 0 Å². The fourth-order valence-corrected chi connectivity index (χ4v) is 2.97. The van der Waals surface area contributed by atoms with Gasteiger partial charge in [0.1, 0.15) is 0 Å². The zero-order valence-corrected chi connectivity index (χ0v) is 11.0. The molecule has 0 spiro atoms. The van der Waals surface area contributed by atoms with E-state index in [0.29, 0.717) is 12.5 Å². The van der Waals surface area contributed by atoms with Crippen molar-refractivity contribution in [3.05, 3.63) is 22.4 Å². The molecule has 17 heavy (non-hydrogen) atoms. The Bertz CT molecular complexity index is 326. The fraction of sp³-hybridized carbons (Fsp3) is 0.643. The smallest absolute Gasteiger partial charge is 0.172 e. The molecule has 3 heteroatoms. The summed E-state index contributed by atoms with van der Waals surface area (Å²) in [5.41, 5.74) is 0. The molecule has 1 aromatic heterocycles. The van der Waals surface area contributed by atoms with Gasteiger partial charge in [-0.05, 0) is 30.7 Å². The molecule has 0 unspecified atom stereocenters. The summed E-state index contributed by atoms with van der Waals surface area (Å²) in [5, 5.41) is 1.95. The maximum atomic E-state index is 11.7. The molecule has 1 aromatic rings. The van der Waals surface area contributed by atoms with Gasteiger partial charge in [-0.15, -0.1) is 11.3 Å². The lowest BCUT2D eigenvalue weighted by molar-refractivity contribution is 0.0264. The molecule has 0 amide bonds. The van der Waals surface area contributed by atoms with Gasteiger partial charge in [-0.25, -0.2) is 0 Å². The van der Waals surface area contributed by atoms with Crippen LogP contribution in [-0.4, -0.2) is 18.5 Å². The van der Waals surface area contributed by atoms with Crippen LogP contribution in [0.25, 0.3) is 0 Å². The molecule has 0 radical (unpaired) electrons. The number of ketones is 1. The Kier molecular flexibility index (Phi) is 5.20. The zero-order chi connectivity index (χ0) is 11.9. The van der Waals surface area contributed by atoms with Crippen molar-refractivity contribution in [1.82, 2.24) is 0 Å². The molecule has 0 N–H and O–H groups in total. The molecule has 1 aliphatic rings. The first-order valence-corrected chi connectivity index (χ1v) is 7.42. The van der Waals surface area contributed by atoms with Crippen molar-refractivity contribution in [2.75, 3.05) is 6.61 Å². The lowest BCUT2D eigenvalue weighted by Gasteiger charge is -2.21. The summed E-state index contributed by atoms with van der Waals surface area (Å²) in [6, 6.07) is 3.82. The van der Waals surface area contributed by atoms with Crippen LogP contribution in [0, 0.1) is 0 Å². The van der Waals surface area contributed by atoms with E-state index >= 15 is 0 Å². The highest BCUT2D eigenvalue weighted by Gasteiger charge is 2.13. The van der Waals surface area contributed by atoms with Crippen molar-refractivity contribution in [2.45, 2.75) is 51.0 Å². The van der Waals surface area contributed by atoms with E-state index in [1.54, 1.807) is 0 Å². The number of rotatable bonds is 6. The Morgan fingerprint density at radius 2 is 2.18 bits per heavy atom. The lowest BCUT2D eigenvalue weighted by atomic mass is 9.98. The minimum atomic E-state index is 0.257. The Hall–Kier alpha value is -0.670. The maximum Gasteiger partial charge on any atom is 0.172 e. The largest absolute Gasteiger partial charge is 0.378 e. The molecule has 0 aromatic carbocycles. The SMILES string of the molecule is O=C(CCCOC1CCCCC1)c1cccs1. The van der Waals surface area contributed by atoms with Gasteiger partial charge < -0.3 is 4.74 Å². The minimum Gasteiger partial charge on any atom is -0.378 e. The lowest BCUT2D eigenvalue weighted by Crippen LogP contribution is -2.17. The third-order valence-electron chi connectivity index (χ3n) is 3.25. The first kappa shape index (κ1) is 12.8. The van der Waals surface area contributed by atoms with E-state index in [4.69, 9.17) is 4.74 Å². The quantitative estimate of drug-likeness (QED) is 0.563. The van der Waals surface area contributed by atoms with E-state index in [2.05, 4.69) is 0 Å². The molecular formula is C14H20O2S. The van der Waals surface area contributed by atoms with E-state index in [9.17, 15) is 4.79 Å². The number of hydrogen-bond donors (Lipinski definition) is 0. The van der Waals surface area contributed by atoms with Crippen molar-refractivity contribution in [3.8, 4) is 0 Å². The summed E-state index contributed by atoms with van der Waals surface area (Å²) in [6.45, 7) is 0.738. The van der Waals surface area contributed by atoms with Gasteiger partial charge in [0, 0.05) is 13.0 Å². The van der Waals surface area contributed by atoms with Crippen LogP contribution in [0.15, 0.2) is 17.5 Å². The van der Waals surface area contributed by atoms with Crippen molar-refractivity contribution in [2.24, 2.45) is 0 Å². The summed E-state index contributed by atoms with van der Waals surface area (Å²) in [4.78, 5) is 12.6. The highest BCUT2D eigenvalue weighted by atomic mass is 32.1. The van der Waals surface area contributed by atoms with Crippen molar-refractivity contribution < 1.29 is 9.53 Å². The number of carbonyl (C=O) groups excluding carboxylic acids is 1. The average Bonchev–Trinajstić information content (AvgIpc) is 2.89. The van der Waals surface area contributed by atoms with Gasteiger partial charge in [0.2, 0.25) is 0 Å². The second-order valence-electron chi connectivity index (χ2n) is 4.63. The van der Waals surface area contributed by atoms with Crippen LogP contribution < -0.4 is 0 Å². The third kappa shape index (κ3) is 4.25. The minimum absolute atomic E-state index is 0.257. The number of hydrogen-bond acceptors (Lipinski definition) is 3. The van der Waals surface area contributed by atoms with Gasteiger partial charge >= 0.3 is 0 Å². The van der Waals surface area contributed by atoms with E-state index in [0.717, 1.165) is 17.9 Å². The van der Waals surface area contributed by atoms with Gasteiger partial charge in [-0.1, -0.05) is 25.3 Å². The molecule has 1 aliphatic carbocycles. The number of Topliss-reactive ketones (excluding diaryl/α,β-unsaturated/α-hetero) is 1. The normalized spacial score (nSPS) is 17.2. The predicted octanol–water partition coefficient (Wildman–Crippen LogP) is 4.06.